The Morgan fingerprint density at radius 3 is 3.10 bits per heavy atom. The van der Waals surface area contributed by atoms with Gasteiger partial charge in [0, 0.05) is 31.6 Å². The Hall–Kier alpha value is -1.10. The molecule has 2 unspecified atom stereocenters. The van der Waals surface area contributed by atoms with Crippen molar-refractivity contribution >= 4 is 0 Å². The molecule has 1 fully saturated rings. The van der Waals surface area contributed by atoms with Gasteiger partial charge in [0.25, 0.3) is 0 Å². The summed E-state index contributed by atoms with van der Waals surface area (Å²) < 4.78 is 5.61. The second-order valence-electron chi connectivity index (χ2n) is 6.44. The SMILES string of the molecule is CN1CCCC(N(C)C(CN)c2ccc3c(c2)CCO3)C1. The molecule has 3 rings (SSSR count). The van der Waals surface area contributed by atoms with Gasteiger partial charge in [-0.2, -0.15) is 0 Å². The van der Waals surface area contributed by atoms with Crippen LogP contribution in [0, 0.1) is 0 Å². The van der Waals surface area contributed by atoms with Crippen LogP contribution in [0.4, 0.5) is 0 Å². The van der Waals surface area contributed by atoms with Crippen LogP contribution in [-0.4, -0.2) is 56.2 Å². The zero-order valence-corrected chi connectivity index (χ0v) is 13.2. The van der Waals surface area contributed by atoms with Gasteiger partial charge in [-0.1, -0.05) is 12.1 Å². The van der Waals surface area contributed by atoms with Crippen LogP contribution < -0.4 is 10.5 Å². The van der Waals surface area contributed by atoms with Crippen molar-refractivity contribution in [3.63, 3.8) is 0 Å². The molecule has 4 nitrogen and oxygen atoms in total. The van der Waals surface area contributed by atoms with Crippen LogP contribution in [0.25, 0.3) is 0 Å². The Morgan fingerprint density at radius 2 is 2.33 bits per heavy atom. The van der Waals surface area contributed by atoms with Gasteiger partial charge in [0.15, 0.2) is 0 Å². The molecule has 2 N–H and O–H groups in total. The molecule has 0 aromatic heterocycles. The summed E-state index contributed by atoms with van der Waals surface area (Å²) in [7, 11) is 4.44. The topological polar surface area (TPSA) is 41.7 Å². The fraction of sp³-hybridized carbons (Fsp3) is 0.647. The highest BCUT2D eigenvalue weighted by atomic mass is 16.5. The maximum Gasteiger partial charge on any atom is 0.122 e. The third-order valence-electron chi connectivity index (χ3n) is 4.99. The third-order valence-corrected chi connectivity index (χ3v) is 4.99. The van der Waals surface area contributed by atoms with Gasteiger partial charge < -0.3 is 15.4 Å². The first-order valence-electron chi connectivity index (χ1n) is 8.05. The molecular formula is C17H27N3O. The zero-order chi connectivity index (χ0) is 14.8. The van der Waals surface area contributed by atoms with E-state index in [0.29, 0.717) is 18.6 Å². The Labute approximate surface area is 127 Å². The van der Waals surface area contributed by atoms with E-state index in [1.807, 2.05) is 0 Å². The Morgan fingerprint density at radius 1 is 1.48 bits per heavy atom. The maximum atomic E-state index is 6.11. The monoisotopic (exact) mass is 289 g/mol. The molecule has 2 aliphatic heterocycles. The van der Waals surface area contributed by atoms with Crippen molar-refractivity contribution in [2.24, 2.45) is 5.73 Å². The first-order valence-corrected chi connectivity index (χ1v) is 8.05. The summed E-state index contributed by atoms with van der Waals surface area (Å²) in [6.45, 7) is 3.83. The average Bonchev–Trinajstić information content (AvgIpc) is 2.95. The van der Waals surface area contributed by atoms with E-state index in [4.69, 9.17) is 10.5 Å². The van der Waals surface area contributed by atoms with Crippen LogP contribution in [0.5, 0.6) is 5.75 Å². The van der Waals surface area contributed by atoms with Crippen molar-refractivity contribution in [1.82, 2.24) is 9.80 Å². The predicted molar refractivity (Wildman–Crippen MR) is 85.7 cm³/mol. The summed E-state index contributed by atoms with van der Waals surface area (Å²) in [6.07, 6.45) is 3.57. The number of piperidine rings is 1. The summed E-state index contributed by atoms with van der Waals surface area (Å²) in [5, 5.41) is 0. The first kappa shape index (κ1) is 14.8. The molecule has 2 atom stereocenters. The summed E-state index contributed by atoms with van der Waals surface area (Å²) >= 11 is 0. The lowest BCUT2D eigenvalue weighted by Crippen LogP contribution is -2.47. The number of nitrogens with zero attached hydrogens (tertiary/aromatic N) is 2. The number of hydrogen-bond acceptors (Lipinski definition) is 4. The summed E-state index contributed by atoms with van der Waals surface area (Å²) in [5.41, 5.74) is 8.77. The zero-order valence-electron chi connectivity index (χ0n) is 13.2. The van der Waals surface area contributed by atoms with E-state index in [9.17, 15) is 0 Å². The molecule has 0 spiro atoms. The molecule has 4 heteroatoms. The van der Waals surface area contributed by atoms with Crippen LogP contribution in [-0.2, 0) is 6.42 Å². The number of ether oxygens (including phenoxy) is 1. The molecule has 2 heterocycles. The van der Waals surface area contributed by atoms with Crippen molar-refractivity contribution in [3.05, 3.63) is 29.3 Å². The van der Waals surface area contributed by atoms with Crippen molar-refractivity contribution in [1.29, 1.82) is 0 Å². The van der Waals surface area contributed by atoms with E-state index in [-0.39, 0.29) is 0 Å². The van der Waals surface area contributed by atoms with Gasteiger partial charge in [0.2, 0.25) is 0 Å². The van der Waals surface area contributed by atoms with Gasteiger partial charge in [0.05, 0.1) is 6.61 Å². The van der Waals surface area contributed by atoms with E-state index in [1.165, 1.54) is 30.5 Å². The molecule has 116 valence electrons. The molecule has 2 aliphatic rings. The maximum absolute atomic E-state index is 6.11. The van der Waals surface area contributed by atoms with Crippen molar-refractivity contribution < 1.29 is 4.74 Å². The van der Waals surface area contributed by atoms with Gasteiger partial charge >= 0.3 is 0 Å². The number of likely N-dealkylation sites (tertiary alicyclic amines) is 1. The molecule has 0 saturated carbocycles. The molecule has 0 bridgehead atoms. The molecule has 1 aromatic carbocycles. The van der Waals surface area contributed by atoms with E-state index in [2.05, 4.69) is 42.1 Å². The average molecular weight is 289 g/mol. The number of nitrogens with two attached hydrogens (primary N) is 1. The van der Waals surface area contributed by atoms with Crippen LogP contribution in [0.15, 0.2) is 18.2 Å². The Balaban J connectivity index is 1.77. The highest BCUT2D eigenvalue weighted by Gasteiger charge is 2.27. The minimum atomic E-state index is 0.299. The van der Waals surface area contributed by atoms with Crippen LogP contribution in [0.3, 0.4) is 0 Å². The third kappa shape index (κ3) is 3.07. The summed E-state index contributed by atoms with van der Waals surface area (Å²) in [6, 6.07) is 7.49. The first-order chi connectivity index (χ1) is 10.2. The number of rotatable bonds is 4. The Bertz CT molecular complexity index is 491. The van der Waals surface area contributed by atoms with Gasteiger partial charge in [-0.15, -0.1) is 0 Å². The quantitative estimate of drug-likeness (QED) is 0.915. The molecule has 1 saturated heterocycles. The lowest BCUT2D eigenvalue weighted by molar-refractivity contribution is 0.101. The van der Waals surface area contributed by atoms with E-state index >= 15 is 0 Å². The lowest BCUT2D eigenvalue weighted by atomic mass is 9.97. The molecular weight excluding hydrogens is 262 g/mol. The van der Waals surface area contributed by atoms with E-state index in [0.717, 1.165) is 25.3 Å². The number of hydrogen-bond donors (Lipinski definition) is 1. The minimum Gasteiger partial charge on any atom is -0.493 e. The molecule has 0 amide bonds. The van der Waals surface area contributed by atoms with Gasteiger partial charge in [-0.3, -0.25) is 4.90 Å². The number of likely N-dealkylation sites (N-methyl/N-ethyl adjacent to an activating group) is 2. The minimum absolute atomic E-state index is 0.299. The highest BCUT2D eigenvalue weighted by molar-refractivity contribution is 5.41. The van der Waals surface area contributed by atoms with E-state index in [1.54, 1.807) is 0 Å². The lowest BCUT2D eigenvalue weighted by Gasteiger charge is -2.40. The fourth-order valence-corrected chi connectivity index (χ4v) is 3.68. The molecule has 0 radical (unpaired) electrons. The number of benzene rings is 1. The summed E-state index contributed by atoms with van der Waals surface area (Å²) in [4.78, 5) is 4.90. The fourth-order valence-electron chi connectivity index (χ4n) is 3.68. The van der Waals surface area contributed by atoms with Crippen LogP contribution >= 0.6 is 0 Å². The van der Waals surface area contributed by atoms with Crippen LogP contribution in [0.1, 0.15) is 30.0 Å². The van der Waals surface area contributed by atoms with Crippen molar-refractivity contribution in [3.8, 4) is 5.75 Å². The van der Waals surface area contributed by atoms with Gasteiger partial charge in [-0.05, 0) is 50.7 Å². The molecule has 21 heavy (non-hydrogen) atoms. The smallest absolute Gasteiger partial charge is 0.122 e. The van der Waals surface area contributed by atoms with Crippen molar-refractivity contribution in [2.75, 3.05) is 40.3 Å². The Kier molecular flexibility index (Phi) is 4.48. The standard InChI is InChI=1S/C17H27N3O/c1-19-8-3-4-15(12-19)20(2)16(11-18)13-5-6-17-14(10-13)7-9-21-17/h5-6,10,15-16H,3-4,7-9,11-12,18H2,1-2H3. The van der Waals surface area contributed by atoms with Crippen LogP contribution in [0.2, 0.25) is 0 Å². The summed E-state index contributed by atoms with van der Waals surface area (Å²) in [5.74, 6) is 1.05. The van der Waals surface area contributed by atoms with E-state index < -0.39 is 0 Å². The second-order valence-corrected chi connectivity index (χ2v) is 6.44. The molecule has 1 aromatic rings. The van der Waals surface area contributed by atoms with Gasteiger partial charge in [0.1, 0.15) is 5.75 Å². The largest absolute Gasteiger partial charge is 0.493 e. The van der Waals surface area contributed by atoms with Gasteiger partial charge in [-0.25, -0.2) is 0 Å². The highest BCUT2D eigenvalue weighted by Crippen LogP contribution is 2.31. The molecule has 0 aliphatic carbocycles. The predicted octanol–water partition coefficient (Wildman–Crippen LogP) is 1.65. The number of fused-ring (bicyclic) bond motifs is 1. The normalized spacial score (nSPS) is 23.9. The second kappa shape index (κ2) is 6.34. The van der Waals surface area contributed by atoms with Crippen molar-refractivity contribution in [2.45, 2.75) is 31.3 Å².